The van der Waals surface area contributed by atoms with Crippen molar-refractivity contribution in [3.63, 3.8) is 0 Å². The van der Waals surface area contributed by atoms with E-state index in [9.17, 15) is 4.79 Å². The highest BCUT2D eigenvalue weighted by molar-refractivity contribution is 5.81. The van der Waals surface area contributed by atoms with Crippen LogP contribution < -0.4 is 10.1 Å². The van der Waals surface area contributed by atoms with Crippen LogP contribution >= 0.6 is 0 Å². The Labute approximate surface area is 102 Å². The van der Waals surface area contributed by atoms with Crippen LogP contribution in [0.15, 0.2) is 18.2 Å². The Hall–Kier alpha value is -1.51. The third kappa shape index (κ3) is 2.78. The first-order valence-electron chi connectivity index (χ1n) is 6.06. The fourth-order valence-corrected chi connectivity index (χ4v) is 1.95. The predicted octanol–water partition coefficient (Wildman–Crippen LogP) is 2.59. The summed E-state index contributed by atoms with van der Waals surface area (Å²) in [6, 6.07) is 6.02. The molecule has 1 N–H and O–H groups in total. The van der Waals surface area contributed by atoms with Crippen LogP contribution in [0.2, 0.25) is 0 Å². The average molecular weight is 233 g/mol. The molecule has 1 atom stereocenters. The highest BCUT2D eigenvalue weighted by Crippen LogP contribution is 2.31. The van der Waals surface area contributed by atoms with E-state index in [1.807, 2.05) is 26.0 Å². The minimum absolute atomic E-state index is 0.00190. The maximum atomic E-state index is 11.7. The number of aryl methyl sites for hydroxylation is 1. The third-order valence-corrected chi connectivity index (χ3v) is 3.16. The van der Waals surface area contributed by atoms with Crippen molar-refractivity contribution in [1.82, 2.24) is 5.32 Å². The van der Waals surface area contributed by atoms with Gasteiger partial charge >= 0.3 is 0 Å². The lowest BCUT2D eigenvalue weighted by atomic mass is 10.0. The van der Waals surface area contributed by atoms with Crippen LogP contribution in [-0.2, 0) is 4.79 Å². The van der Waals surface area contributed by atoms with Gasteiger partial charge in [-0.15, -0.1) is 0 Å². The zero-order valence-electron chi connectivity index (χ0n) is 10.6. The first-order chi connectivity index (χ1) is 8.11. The number of benzene rings is 1. The molecular formula is C14H19NO2. The summed E-state index contributed by atoms with van der Waals surface area (Å²) < 4.78 is 5.33. The van der Waals surface area contributed by atoms with Gasteiger partial charge in [0.05, 0.1) is 13.2 Å². The van der Waals surface area contributed by atoms with Crippen molar-refractivity contribution in [2.24, 2.45) is 5.92 Å². The second-order valence-electron chi connectivity index (χ2n) is 4.75. The summed E-state index contributed by atoms with van der Waals surface area (Å²) in [6.07, 6.45) is 2.06. The van der Waals surface area contributed by atoms with Gasteiger partial charge in [0.2, 0.25) is 5.91 Å². The maximum Gasteiger partial charge on any atom is 0.223 e. The monoisotopic (exact) mass is 233 g/mol. The number of hydrogen-bond donors (Lipinski definition) is 1. The maximum absolute atomic E-state index is 11.7. The molecule has 1 fully saturated rings. The lowest BCUT2D eigenvalue weighted by Gasteiger charge is -2.17. The third-order valence-electron chi connectivity index (χ3n) is 3.16. The lowest BCUT2D eigenvalue weighted by molar-refractivity contribution is -0.122. The standard InChI is InChI=1S/C14H19NO2/c1-9-4-7-13(17-3)12(8-9)10(2)15-14(16)11-5-6-11/h4,7-8,10-11H,5-6H2,1-3H3,(H,15,16)/t10-/m0/s1. The molecule has 1 aliphatic rings. The van der Waals surface area contributed by atoms with Gasteiger partial charge in [0.1, 0.15) is 5.75 Å². The molecule has 3 nitrogen and oxygen atoms in total. The summed E-state index contributed by atoms with van der Waals surface area (Å²) in [7, 11) is 1.66. The van der Waals surface area contributed by atoms with Crippen LogP contribution in [0.1, 0.15) is 36.9 Å². The largest absolute Gasteiger partial charge is 0.496 e. The van der Waals surface area contributed by atoms with E-state index in [0.29, 0.717) is 0 Å². The summed E-state index contributed by atoms with van der Waals surface area (Å²) in [5.74, 6) is 1.24. The highest BCUT2D eigenvalue weighted by Gasteiger charge is 2.30. The van der Waals surface area contributed by atoms with Gasteiger partial charge in [0.25, 0.3) is 0 Å². The smallest absolute Gasteiger partial charge is 0.223 e. The molecule has 0 aliphatic heterocycles. The van der Waals surface area contributed by atoms with E-state index < -0.39 is 0 Å². The fraction of sp³-hybridized carbons (Fsp3) is 0.500. The Morgan fingerprint density at radius 2 is 2.18 bits per heavy atom. The Morgan fingerprint density at radius 3 is 2.76 bits per heavy atom. The van der Waals surface area contributed by atoms with E-state index >= 15 is 0 Å². The van der Waals surface area contributed by atoms with Gasteiger partial charge in [0.15, 0.2) is 0 Å². The molecule has 0 unspecified atom stereocenters. The molecule has 17 heavy (non-hydrogen) atoms. The predicted molar refractivity (Wildman–Crippen MR) is 67.0 cm³/mol. The van der Waals surface area contributed by atoms with E-state index in [-0.39, 0.29) is 17.9 Å². The molecule has 2 rings (SSSR count). The fourth-order valence-electron chi connectivity index (χ4n) is 1.95. The summed E-state index contributed by atoms with van der Waals surface area (Å²) in [6.45, 7) is 4.04. The minimum Gasteiger partial charge on any atom is -0.496 e. The van der Waals surface area contributed by atoms with Crippen molar-refractivity contribution < 1.29 is 9.53 Å². The summed E-state index contributed by atoms with van der Waals surface area (Å²) >= 11 is 0. The number of methoxy groups -OCH3 is 1. The molecule has 3 heteroatoms. The number of ether oxygens (including phenoxy) is 1. The molecule has 1 aromatic rings. The van der Waals surface area contributed by atoms with E-state index in [4.69, 9.17) is 4.74 Å². The van der Waals surface area contributed by atoms with E-state index in [2.05, 4.69) is 11.4 Å². The van der Waals surface area contributed by atoms with Crippen molar-refractivity contribution in [3.8, 4) is 5.75 Å². The molecular weight excluding hydrogens is 214 g/mol. The Bertz CT molecular complexity index is 424. The Kier molecular flexibility index (Phi) is 3.36. The molecule has 1 amide bonds. The summed E-state index contributed by atoms with van der Waals surface area (Å²) in [5.41, 5.74) is 2.22. The van der Waals surface area contributed by atoms with Gasteiger partial charge < -0.3 is 10.1 Å². The van der Waals surface area contributed by atoms with Gasteiger partial charge in [-0.25, -0.2) is 0 Å². The lowest BCUT2D eigenvalue weighted by Crippen LogP contribution is -2.28. The van der Waals surface area contributed by atoms with Gasteiger partial charge in [-0.2, -0.15) is 0 Å². The normalized spacial score (nSPS) is 16.4. The van der Waals surface area contributed by atoms with Crippen molar-refractivity contribution in [2.45, 2.75) is 32.7 Å². The first-order valence-corrected chi connectivity index (χ1v) is 6.06. The van der Waals surface area contributed by atoms with E-state index in [1.165, 1.54) is 5.56 Å². The minimum atomic E-state index is -0.00190. The zero-order chi connectivity index (χ0) is 12.4. The van der Waals surface area contributed by atoms with Crippen LogP contribution in [-0.4, -0.2) is 13.0 Å². The molecule has 1 aromatic carbocycles. The summed E-state index contributed by atoms with van der Waals surface area (Å²) in [5, 5.41) is 3.04. The highest BCUT2D eigenvalue weighted by atomic mass is 16.5. The van der Waals surface area contributed by atoms with Crippen molar-refractivity contribution >= 4 is 5.91 Å². The molecule has 1 saturated carbocycles. The average Bonchev–Trinajstić information content (AvgIpc) is 3.12. The number of amides is 1. The molecule has 0 heterocycles. The van der Waals surface area contributed by atoms with Gasteiger partial charge in [-0.05, 0) is 32.8 Å². The first kappa shape index (κ1) is 12.0. The molecule has 0 bridgehead atoms. The van der Waals surface area contributed by atoms with E-state index in [0.717, 1.165) is 24.2 Å². The second-order valence-corrected chi connectivity index (χ2v) is 4.75. The van der Waals surface area contributed by atoms with Crippen LogP contribution in [0.3, 0.4) is 0 Å². The molecule has 0 saturated heterocycles. The number of carbonyl (C=O) groups excluding carboxylic acids is 1. The topological polar surface area (TPSA) is 38.3 Å². The Morgan fingerprint density at radius 1 is 1.47 bits per heavy atom. The summed E-state index contributed by atoms with van der Waals surface area (Å²) in [4.78, 5) is 11.7. The van der Waals surface area contributed by atoms with Gasteiger partial charge in [0, 0.05) is 11.5 Å². The SMILES string of the molecule is COc1ccc(C)cc1[C@H](C)NC(=O)C1CC1. The van der Waals surface area contributed by atoms with Crippen LogP contribution in [0.5, 0.6) is 5.75 Å². The van der Waals surface area contributed by atoms with Gasteiger partial charge in [-0.1, -0.05) is 17.7 Å². The molecule has 0 spiro atoms. The zero-order valence-corrected chi connectivity index (χ0v) is 10.6. The van der Waals surface area contributed by atoms with Crippen molar-refractivity contribution in [3.05, 3.63) is 29.3 Å². The quantitative estimate of drug-likeness (QED) is 0.868. The molecule has 0 radical (unpaired) electrons. The second kappa shape index (κ2) is 4.78. The van der Waals surface area contributed by atoms with E-state index in [1.54, 1.807) is 7.11 Å². The molecule has 92 valence electrons. The van der Waals surface area contributed by atoms with Gasteiger partial charge in [-0.3, -0.25) is 4.79 Å². The van der Waals surface area contributed by atoms with Crippen LogP contribution in [0.25, 0.3) is 0 Å². The number of rotatable bonds is 4. The number of carbonyl (C=O) groups is 1. The number of hydrogen-bond acceptors (Lipinski definition) is 2. The van der Waals surface area contributed by atoms with Crippen LogP contribution in [0.4, 0.5) is 0 Å². The Balaban J connectivity index is 2.13. The molecule has 1 aliphatic carbocycles. The van der Waals surface area contributed by atoms with Crippen LogP contribution in [0, 0.1) is 12.8 Å². The molecule has 0 aromatic heterocycles. The van der Waals surface area contributed by atoms with Crippen molar-refractivity contribution in [1.29, 1.82) is 0 Å². The van der Waals surface area contributed by atoms with Crippen molar-refractivity contribution in [2.75, 3.05) is 7.11 Å². The number of nitrogens with one attached hydrogen (secondary N) is 1.